The predicted octanol–water partition coefficient (Wildman–Crippen LogP) is 4.39. The highest BCUT2D eigenvalue weighted by atomic mass is 35.5. The molecule has 1 aromatic rings. The van der Waals surface area contributed by atoms with Crippen molar-refractivity contribution >= 4 is 11.6 Å². The van der Waals surface area contributed by atoms with Crippen molar-refractivity contribution in [3.63, 3.8) is 0 Å². The lowest BCUT2D eigenvalue weighted by molar-refractivity contribution is -0.426. The molecule has 1 aliphatic heterocycles. The van der Waals surface area contributed by atoms with E-state index >= 15 is 0 Å². The molecule has 6 nitrogen and oxygen atoms in total. The predicted molar refractivity (Wildman–Crippen MR) is 104 cm³/mol. The Morgan fingerprint density at radius 2 is 1.92 bits per heavy atom. The van der Waals surface area contributed by atoms with Gasteiger partial charge in [-0.05, 0) is 63.5 Å². The summed E-state index contributed by atoms with van der Waals surface area (Å²) < 4.78 is 6.15. The molecule has 0 saturated heterocycles. The van der Waals surface area contributed by atoms with E-state index in [2.05, 4.69) is 5.32 Å². The highest BCUT2D eigenvalue weighted by molar-refractivity contribution is 6.30. The molecule has 0 fully saturated rings. The second-order valence-corrected chi connectivity index (χ2v) is 6.85. The Hall–Kier alpha value is -2.21. The van der Waals surface area contributed by atoms with Crippen LogP contribution in [0.2, 0.25) is 5.02 Å². The maximum atomic E-state index is 11.9. The summed E-state index contributed by atoms with van der Waals surface area (Å²) in [5, 5.41) is 15.6. The Morgan fingerprint density at radius 3 is 2.42 bits per heavy atom. The SMILES string of the molecule is CCCNC1=CC(C)N(CC)C(Oc2c(C)cc(Cl)cc2C)=C1[N+](=O)[O-]. The van der Waals surface area contributed by atoms with Gasteiger partial charge in [0, 0.05) is 18.1 Å². The normalized spacial score (nSPS) is 17.2. The number of hydrogen-bond acceptors (Lipinski definition) is 5. The molecule has 1 aliphatic rings. The molecule has 142 valence electrons. The molecular formula is C19H26ClN3O3. The van der Waals surface area contributed by atoms with E-state index < -0.39 is 0 Å². The summed E-state index contributed by atoms with van der Waals surface area (Å²) in [5.41, 5.74) is 2.15. The van der Waals surface area contributed by atoms with Gasteiger partial charge < -0.3 is 15.0 Å². The van der Waals surface area contributed by atoms with Crippen LogP contribution < -0.4 is 10.1 Å². The van der Waals surface area contributed by atoms with Crippen LogP contribution in [0.15, 0.2) is 35.5 Å². The van der Waals surface area contributed by atoms with E-state index in [0.29, 0.717) is 29.6 Å². The summed E-state index contributed by atoms with van der Waals surface area (Å²) in [4.78, 5) is 13.4. The number of halogens is 1. The van der Waals surface area contributed by atoms with Crippen molar-refractivity contribution in [2.45, 2.75) is 47.1 Å². The fourth-order valence-corrected chi connectivity index (χ4v) is 3.45. The molecule has 0 amide bonds. The van der Waals surface area contributed by atoms with Crippen molar-refractivity contribution in [3.05, 3.63) is 61.7 Å². The number of ether oxygens (including phenoxy) is 1. The number of likely N-dealkylation sites (N-methyl/N-ethyl adjacent to an activating group) is 1. The fourth-order valence-electron chi connectivity index (χ4n) is 3.12. The summed E-state index contributed by atoms with van der Waals surface area (Å²) in [6, 6.07) is 3.57. The molecule has 1 heterocycles. The van der Waals surface area contributed by atoms with Crippen LogP contribution >= 0.6 is 11.6 Å². The number of hydrogen-bond donors (Lipinski definition) is 1. The zero-order valence-electron chi connectivity index (χ0n) is 15.9. The van der Waals surface area contributed by atoms with Crippen molar-refractivity contribution in [1.29, 1.82) is 0 Å². The van der Waals surface area contributed by atoms with Gasteiger partial charge in [-0.3, -0.25) is 10.1 Å². The molecule has 0 aliphatic carbocycles. The van der Waals surface area contributed by atoms with E-state index in [1.165, 1.54) is 0 Å². The van der Waals surface area contributed by atoms with Crippen molar-refractivity contribution in [1.82, 2.24) is 10.2 Å². The van der Waals surface area contributed by atoms with Crippen LogP contribution in [-0.2, 0) is 0 Å². The van der Waals surface area contributed by atoms with Gasteiger partial charge in [-0.15, -0.1) is 0 Å². The number of aryl methyl sites for hydroxylation is 2. The molecule has 0 spiro atoms. The molecule has 2 rings (SSSR count). The number of nitro groups is 1. The first-order valence-corrected chi connectivity index (χ1v) is 9.23. The van der Waals surface area contributed by atoms with Gasteiger partial charge in [0.15, 0.2) is 0 Å². The van der Waals surface area contributed by atoms with Crippen LogP contribution in [0.4, 0.5) is 0 Å². The van der Waals surface area contributed by atoms with Crippen LogP contribution in [0.25, 0.3) is 0 Å². The summed E-state index contributed by atoms with van der Waals surface area (Å²) in [6.07, 6.45) is 2.76. The largest absolute Gasteiger partial charge is 0.434 e. The van der Waals surface area contributed by atoms with E-state index in [4.69, 9.17) is 16.3 Å². The maximum Gasteiger partial charge on any atom is 0.351 e. The summed E-state index contributed by atoms with van der Waals surface area (Å²) in [7, 11) is 0. The Labute approximate surface area is 159 Å². The molecule has 0 bridgehead atoms. The molecule has 7 heteroatoms. The first kappa shape index (κ1) is 20.1. The molecule has 26 heavy (non-hydrogen) atoms. The van der Waals surface area contributed by atoms with Crippen molar-refractivity contribution in [2.75, 3.05) is 13.1 Å². The fraction of sp³-hybridized carbons (Fsp3) is 0.474. The van der Waals surface area contributed by atoms with Gasteiger partial charge in [0.25, 0.3) is 5.88 Å². The molecule has 0 radical (unpaired) electrons. The van der Waals surface area contributed by atoms with Gasteiger partial charge in [0.1, 0.15) is 11.4 Å². The zero-order valence-corrected chi connectivity index (χ0v) is 16.7. The van der Waals surface area contributed by atoms with Gasteiger partial charge in [0.05, 0.1) is 11.0 Å². The van der Waals surface area contributed by atoms with Gasteiger partial charge in [-0.2, -0.15) is 0 Å². The molecule has 0 aromatic heterocycles. The van der Waals surface area contributed by atoms with E-state index in [0.717, 1.165) is 17.5 Å². The monoisotopic (exact) mass is 379 g/mol. The third kappa shape index (κ3) is 4.12. The third-order valence-corrected chi connectivity index (χ3v) is 4.55. The Morgan fingerprint density at radius 1 is 1.31 bits per heavy atom. The van der Waals surface area contributed by atoms with Gasteiger partial charge in [0.2, 0.25) is 0 Å². The molecule has 1 atom stereocenters. The van der Waals surface area contributed by atoms with Crippen LogP contribution in [0.1, 0.15) is 38.3 Å². The topological polar surface area (TPSA) is 67.6 Å². The number of rotatable bonds is 7. The van der Waals surface area contributed by atoms with Crippen molar-refractivity contribution in [2.24, 2.45) is 0 Å². The van der Waals surface area contributed by atoms with Crippen LogP contribution in [-0.4, -0.2) is 29.0 Å². The number of nitrogens with one attached hydrogen (secondary N) is 1. The average molecular weight is 380 g/mol. The van der Waals surface area contributed by atoms with Crippen LogP contribution in [0.5, 0.6) is 5.75 Å². The van der Waals surface area contributed by atoms with Crippen LogP contribution in [0, 0.1) is 24.0 Å². The Balaban J connectivity index is 2.57. The van der Waals surface area contributed by atoms with Gasteiger partial charge in [-0.1, -0.05) is 18.5 Å². The van der Waals surface area contributed by atoms with Crippen molar-refractivity contribution < 1.29 is 9.66 Å². The minimum atomic E-state index is -0.376. The molecular weight excluding hydrogens is 354 g/mol. The third-order valence-electron chi connectivity index (χ3n) is 4.33. The zero-order chi connectivity index (χ0) is 19.4. The lowest BCUT2D eigenvalue weighted by Gasteiger charge is -2.33. The molecule has 1 unspecified atom stereocenters. The van der Waals surface area contributed by atoms with E-state index in [1.54, 1.807) is 12.1 Å². The maximum absolute atomic E-state index is 11.9. The van der Waals surface area contributed by atoms with E-state index in [1.807, 2.05) is 45.6 Å². The second-order valence-electron chi connectivity index (χ2n) is 6.42. The smallest absolute Gasteiger partial charge is 0.351 e. The summed E-state index contributed by atoms with van der Waals surface area (Å²) in [6.45, 7) is 11.0. The number of nitrogens with zero attached hydrogens (tertiary/aromatic N) is 2. The quantitative estimate of drug-likeness (QED) is 0.562. The second kappa shape index (κ2) is 8.45. The van der Waals surface area contributed by atoms with Crippen LogP contribution in [0.3, 0.4) is 0 Å². The highest BCUT2D eigenvalue weighted by Crippen LogP contribution is 2.33. The first-order valence-electron chi connectivity index (χ1n) is 8.86. The Bertz CT molecular complexity index is 735. The highest BCUT2D eigenvalue weighted by Gasteiger charge is 2.36. The van der Waals surface area contributed by atoms with E-state index in [9.17, 15) is 10.1 Å². The Kier molecular flexibility index (Phi) is 6.53. The molecule has 1 aromatic carbocycles. The van der Waals surface area contributed by atoms with Gasteiger partial charge in [-0.25, -0.2) is 0 Å². The first-order chi connectivity index (χ1) is 12.3. The average Bonchev–Trinajstić information content (AvgIpc) is 2.55. The minimum Gasteiger partial charge on any atom is -0.434 e. The lowest BCUT2D eigenvalue weighted by Crippen LogP contribution is -2.41. The molecule has 0 saturated carbocycles. The molecule has 1 N–H and O–H groups in total. The summed E-state index contributed by atoms with van der Waals surface area (Å²) in [5.74, 6) is 0.866. The summed E-state index contributed by atoms with van der Waals surface area (Å²) >= 11 is 6.10. The minimum absolute atomic E-state index is 0.0223. The standard InChI is InChI=1S/C19H26ClN3O3/c1-6-8-21-16-11-14(5)22(7-2)19(17(16)23(24)25)26-18-12(3)9-15(20)10-13(18)4/h9-11,14,21H,6-8H2,1-5H3. The number of benzene rings is 1. The van der Waals surface area contributed by atoms with E-state index in [-0.39, 0.29) is 22.5 Å². The lowest BCUT2D eigenvalue weighted by atomic mass is 10.1. The van der Waals surface area contributed by atoms with Crippen molar-refractivity contribution in [3.8, 4) is 5.75 Å². The van der Waals surface area contributed by atoms with Gasteiger partial charge >= 0.3 is 5.70 Å².